The maximum Gasteiger partial charge on any atom is 0.253 e. The Balaban J connectivity index is 1.51. The average Bonchev–Trinajstić information content (AvgIpc) is 3.27. The molecule has 198 valence electrons. The molecule has 2 aromatic heterocycles. The largest absolute Gasteiger partial charge is 0.352 e. The summed E-state index contributed by atoms with van der Waals surface area (Å²) in [5.41, 5.74) is 7.36. The van der Waals surface area contributed by atoms with Crippen molar-refractivity contribution in [2.24, 2.45) is 5.92 Å². The van der Waals surface area contributed by atoms with Crippen LogP contribution in [0, 0.1) is 12.8 Å². The zero-order valence-corrected chi connectivity index (χ0v) is 23.2. The predicted octanol–water partition coefficient (Wildman–Crippen LogP) is 5.88. The second kappa shape index (κ2) is 10.1. The van der Waals surface area contributed by atoms with Gasteiger partial charge in [-0.2, -0.15) is 0 Å². The first-order valence-corrected chi connectivity index (χ1v) is 14.0. The number of carbonyl (C=O) groups excluding carboxylic acids is 1. The molecule has 2 saturated carbocycles. The fraction of sp³-hybridized carbons (Fsp3) is 0.600. The van der Waals surface area contributed by atoms with E-state index < -0.39 is 0 Å². The summed E-state index contributed by atoms with van der Waals surface area (Å²) in [5, 5.41) is 17.0. The molecule has 7 nitrogen and oxygen atoms in total. The molecule has 2 aliphatic carbocycles. The number of carbonyl (C=O) groups is 1. The summed E-state index contributed by atoms with van der Waals surface area (Å²) in [6.07, 6.45) is 9.58. The Morgan fingerprint density at radius 3 is 2.54 bits per heavy atom. The molecular weight excluding hydrogens is 460 g/mol. The van der Waals surface area contributed by atoms with Crippen molar-refractivity contribution in [3.8, 4) is 11.3 Å². The molecule has 5 rings (SSSR count). The maximum atomic E-state index is 13.4. The van der Waals surface area contributed by atoms with E-state index in [2.05, 4.69) is 89.4 Å². The Morgan fingerprint density at radius 1 is 1.14 bits per heavy atom. The lowest BCUT2D eigenvalue weighted by molar-refractivity contribution is 0.0953. The first kappa shape index (κ1) is 25.7. The lowest BCUT2D eigenvalue weighted by Crippen LogP contribution is -2.26. The quantitative estimate of drug-likeness (QED) is 0.403. The number of H-pyrrole nitrogens is 1. The van der Waals surface area contributed by atoms with Crippen molar-refractivity contribution in [3.63, 3.8) is 0 Å². The minimum absolute atomic E-state index is 0.0324. The molecule has 2 heterocycles. The second-order valence-electron chi connectivity index (χ2n) is 12.6. The molecule has 0 bridgehead atoms. The topological polar surface area (TPSA) is 88.5 Å². The van der Waals surface area contributed by atoms with Gasteiger partial charge in [-0.15, -0.1) is 5.10 Å². The highest BCUT2D eigenvalue weighted by atomic mass is 16.1. The standard InChI is InChI=1S/C30H42N6O/c1-20-25(28(37)31-14-11-27-32-34-35-33-27)18-26(36(20)19-21-9-7-6-8-10-21)22-15-23(29(2,3)4)17-24(16-22)30(5)12-13-30/h15-18,21H,6-14,19H2,1-5H3,(H,31,37)(H,32,33,34,35). The summed E-state index contributed by atoms with van der Waals surface area (Å²) < 4.78 is 2.44. The lowest BCUT2D eigenvalue weighted by atomic mass is 9.82. The molecule has 7 heteroatoms. The van der Waals surface area contributed by atoms with E-state index in [9.17, 15) is 4.79 Å². The Labute approximate surface area is 220 Å². The zero-order valence-electron chi connectivity index (χ0n) is 23.2. The second-order valence-corrected chi connectivity index (χ2v) is 12.6. The monoisotopic (exact) mass is 502 g/mol. The Morgan fingerprint density at radius 2 is 1.89 bits per heavy atom. The van der Waals surface area contributed by atoms with Crippen molar-refractivity contribution in [1.82, 2.24) is 30.5 Å². The van der Waals surface area contributed by atoms with Gasteiger partial charge in [0.05, 0.1) is 5.56 Å². The maximum absolute atomic E-state index is 13.4. The van der Waals surface area contributed by atoms with Crippen molar-refractivity contribution in [3.05, 3.63) is 52.5 Å². The van der Waals surface area contributed by atoms with Crippen LogP contribution in [-0.4, -0.2) is 37.6 Å². The van der Waals surface area contributed by atoms with E-state index in [1.807, 2.05) is 0 Å². The van der Waals surface area contributed by atoms with Gasteiger partial charge in [0, 0.05) is 30.9 Å². The summed E-state index contributed by atoms with van der Waals surface area (Å²) in [7, 11) is 0. The van der Waals surface area contributed by atoms with Crippen LogP contribution in [-0.2, 0) is 23.8 Å². The zero-order chi connectivity index (χ0) is 26.2. The van der Waals surface area contributed by atoms with E-state index >= 15 is 0 Å². The van der Waals surface area contributed by atoms with Gasteiger partial charge < -0.3 is 9.88 Å². The first-order valence-electron chi connectivity index (χ1n) is 14.0. The van der Waals surface area contributed by atoms with Crippen LogP contribution in [0.25, 0.3) is 11.3 Å². The minimum atomic E-state index is -0.0324. The third-order valence-corrected chi connectivity index (χ3v) is 8.60. The van der Waals surface area contributed by atoms with E-state index in [1.54, 1.807) is 0 Å². The van der Waals surface area contributed by atoms with Crippen LogP contribution in [0.4, 0.5) is 0 Å². The molecule has 2 fully saturated rings. The van der Waals surface area contributed by atoms with Crippen molar-refractivity contribution < 1.29 is 4.79 Å². The van der Waals surface area contributed by atoms with Crippen molar-refractivity contribution in [2.75, 3.05) is 6.54 Å². The number of tetrazole rings is 1. The van der Waals surface area contributed by atoms with Gasteiger partial charge in [0.2, 0.25) is 0 Å². The minimum Gasteiger partial charge on any atom is -0.352 e. The molecule has 0 spiro atoms. The van der Waals surface area contributed by atoms with Crippen LogP contribution in [0.1, 0.15) is 106 Å². The SMILES string of the molecule is Cc1c(C(=O)NCCc2nnn[nH]2)cc(-c2cc(C(C)(C)C)cc(C3(C)CC3)c2)n1CC1CCCCC1. The van der Waals surface area contributed by atoms with Crippen LogP contribution in [0.2, 0.25) is 0 Å². The summed E-state index contributed by atoms with van der Waals surface area (Å²) in [6, 6.07) is 9.31. The Bertz CT molecular complexity index is 1220. The van der Waals surface area contributed by atoms with Gasteiger partial charge in [0.1, 0.15) is 5.82 Å². The van der Waals surface area contributed by atoms with Gasteiger partial charge in [-0.1, -0.05) is 53.0 Å². The fourth-order valence-corrected chi connectivity index (χ4v) is 5.68. The van der Waals surface area contributed by atoms with Crippen LogP contribution in [0.5, 0.6) is 0 Å². The van der Waals surface area contributed by atoms with Gasteiger partial charge in [-0.3, -0.25) is 4.79 Å². The number of nitrogens with zero attached hydrogens (tertiary/aromatic N) is 4. The molecule has 1 aromatic carbocycles. The average molecular weight is 503 g/mol. The number of rotatable bonds is 8. The molecule has 0 atom stereocenters. The van der Waals surface area contributed by atoms with Crippen LogP contribution >= 0.6 is 0 Å². The van der Waals surface area contributed by atoms with Crippen LogP contribution in [0.3, 0.4) is 0 Å². The lowest BCUT2D eigenvalue weighted by Gasteiger charge is -2.26. The predicted molar refractivity (Wildman–Crippen MR) is 147 cm³/mol. The number of aromatic nitrogens is 5. The highest BCUT2D eigenvalue weighted by Gasteiger charge is 2.40. The first-order chi connectivity index (χ1) is 17.6. The number of benzene rings is 1. The summed E-state index contributed by atoms with van der Waals surface area (Å²) in [5.74, 6) is 1.31. The molecule has 0 aliphatic heterocycles. The molecule has 1 amide bonds. The normalized spacial score (nSPS) is 17.6. The molecule has 2 aliphatic rings. The highest BCUT2D eigenvalue weighted by molar-refractivity contribution is 5.97. The summed E-state index contributed by atoms with van der Waals surface area (Å²) in [4.78, 5) is 13.4. The van der Waals surface area contributed by atoms with Crippen molar-refractivity contribution in [1.29, 1.82) is 0 Å². The van der Waals surface area contributed by atoms with E-state index in [0.29, 0.717) is 24.7 Å². The smallest absolute Gasteiger partial charge is 0.253 e. The third-order valence-electron chi connectivity index (χ3n) is 8.60. The fourth-order valence-electron chi connectivity index (χ4n) is 5.68. The molecule has 37 heavy (non-hydrogen) atoms. The number of amides is 1. The number of hydrogen-bond acceptors (Lipinski definition) is 4. The Hall–Kier alpha value is -2.96. The van der Waals surface area contributed by atoms with Crippen LogP contribution in [0.15, 0.2) is 24.3 Å². The van der Waals surface area contributed by atoms with Crippen molar-refractivity contribution >= 4 is 5.91 Å². The van der Waals surface area contributed by atoms with Gasteiger partial charge in [-0.05, 0) is 94.7 Å². The molecule has 0 saturated heterocycles. The van der Waals surface area contributed by atoms with E-state index in [4.69, 9.17) is 0 Å². The van der Waals surface area contributed by atoms with Gasteiger partial charge in [0.25, 0.3) is 5.91 Å². The van der Waals surface area contributed by atoms with Crippen molar-refractivity contribution in [2.45, 2.75) is 103 Å². The van der Waals surface area contributed by atoms with Gasteiger partial charge >= 0.3 is 0 Å². The van der Waals surface area contributed by atoms with E-state index in [0.717, 1.165) is 17.8 Å². The molecule has 3 aromatic rings. The summed E-state index contributed by atoms with van der Waals surface area (Å²) in [6.45, 7) is 12.8. The van der Waals surface area contributed by atoms with Gasteiger partial charge in [0.15, 0.2) is 0 Å². The van der Waals surface area contributed by atoms with E-state index in [-0.39, 0.29) is 16.7 Å². The molecule has 0 unspecified atom stereocenters. The number of nitrogens with one attached hydrogen (secondary N) is 2. The molecular formula is C30H42N6O. The highest BCUT2D eigenvalue weighted by Crippen LogP contribution is 2.49. The number of hydrogen-bond donors (Lipinski definition) is 2. The third kappa shape index (κ3) is 5.65. The van der Waals surface area contributed by atoms with Gasteiger partial charge in [-0.25, -0.2) is 5.10 Å². The summed E-state index contributed by atoms with van der Waals surface area (Å²) >= 11 is 0. The number of aromatic amines is 1. The molecule has 0 radical (unpaired) electrons. The Kier molecular flexibility index (Phi) is 6.99. The van der Waals surface area contributed by atoms with E-state index in [1.165, 1.54) is 67.3 Å². The van der Waals surface area contributed by atoms with Crippen LogP contribution < -0.4 is 5.32 Å². The molecule has 2 N–H and O–H groups in total.